The summed E-state index contributed by atoms with van der Waals surface area (Å²) in [6.45, 7) is 0. The average molecular weight is 303 g/mol. The molecule has 0 saturated heterocycles. The zero-order valence-corrected chi connectivity index (χ0v) is 13.2. The van der Waals surface area contributed by atoms with Crippen LogP contribution in [0.5, 0.6) is 0 Å². The van der Waals surface area contributed by atoms with Gasteiger partial charge in [-0.2, -0.15) is 0 Å². The van der Waals surface area contributed by atoms with E-state index in [9.17, 15) is 9.59 Å². The van der Waals surface area contributed by atoms with Crippen molar-refractivity contribution in [2.75, 3.05) is 7.11 Å². The Morgan fingerprint density at radius 3 is 2.50 bits per heavy atom. The first-order valence-corrected chi connectivity index (χ1v) is 8.13. The molecule has 4 nitrogen and oxygen atoms in total. The van der Waals surface area contributed by atoms with E-state index in [0.717, 1.165) is 12.0 Å². The Hall–Kier alpha value is -1.84. The van der Waals surface area contributed by atoms with E-state index in [4.69, 9.17) is 4.74 Å². The number of methoxy groups -OCH3 is 1. The smallest absolute Gasteiger partial charge is 0.333 e. The van der Waals surface area contributed by atoms with Gasteiger partial charge in [0.25, 0.3) is 0 Å². The first kappa shape index (κ1) is 16.5. The molecule has 1 unspecified atom stereocenters. The highest BCUT2D eigenvalue weighted by Crippen LogP contribution is 2.27. The summed E-state index contributed by atoms with van der Waals surface area (Å²) >= 11 is 0. The predicted molar refractivity (Wildman–Crippen MR) is 85.2 cm³/mol. The lowest BCUT2D eigenvalue weighted by molar-refractivity contribution is -0.145. The van der Waals surface area contributed by atoms with Gasteiger partial charge in [0.2, 0.25) is 5.91 Å². The Bertz CT molecular complexity index is 480. The second kappa shape index (κ2) is 8.57. The molecule has 0 bridgehead atoms. The number of rotatable bonds is 6. The van der Waals surface area contributed by atoms with Crippen LogP contribution in [0.15, 0.2) is 30.3 Å². The van der Waals surface area contributed by atoms with Crippen LogP contribution in [0.2, 0.25) is 0 Å². The van der Waals surface area contributed by atoms with E-state index < -0.39 is 12.0 Å². The van der Waals surface area contributed by atoms with Crippen molar-refractivity contribution >= 4 is 11.9 Å². The fraction of sp³-hybridized carbons (Fsp3) is 0.556. The van der Waals surface area contributed by atoms with Gasteiger partial charge in [0.1, 0.15) is 0 Å². The molecule has 0 spiro atoms. The van der Waals surface area contributed by atoms with Crippen molar-refractivity contribution in [3.8, 4) is 0 Å². The molecule has 1 saturated carbocycles. The van der Waals surface area contributed by atoms with Gasteiger partial charge >= 0.3 is 5.97 Å². The van der Waals surface area contributed by atoms with Crippen LogP contribution in [-0.4, -0.2) is 19.0 Å². The second-order valence-electron chi connectivity index (χ2n) is 5.98. The van der Waals surface area contributed by atoms with E-state index >= 15 is 0 Å². The lowest BCUT2D eigenvalue weighted by Gasteiger charge is -2.22. The van der Waals surface area contributed by atoms with Crippen molar-refractivity contribution in [2.45, 2.75) is 51.0 Å². The number of carbonyl (C=O) groups excluding carboxylic acids is 2. The van der Waals surface area contributed by atoms with Crippen LogP contribution in [0.1, 0.15) is 56.6 Å². The van der Waals surface area contributed by atoms with Gasteiger partial charge in [0.05, 0.1) is 7.11 Å². The zero-order chi connectivity index (χ0) is 15.8. The van der Waals surface area contributed by atoms with Crippen molar-refractivity contribution < 1.29 is 14.3 Å². The predicted octanol–water partition coefficient (Wildman–Crippen LogP) is 3.38. The number of carbonyl (C=O) groups is 2. The third-order valence-electron chi connectivity index (χ3n) is 4.38. The summed E-state index contributed by atoms with van der Waals surface area (Å²) in [5.41, 5.74) is 0.750. The monoisotopic (exact) mass is 303 g/mol. The summed E-state index contributed by atoms with van der Waals surface area (Å²) in [6.07, 6.45) is 7.72. The van der Waals surface area contributed by atoms with Gasteiger partial charge in [-0.15, -0.1) is 0 Å². The normalized spacial score (nSPS) is 16.8. The van der Waals surface area contributed by atoms with Gasteiger partial charge in [-0.05, 0) is 17.9 Å². The van der Waals surface area contributed by atoms with E-state index in [1.165, 1.54) is 39.2 Å². The Balaban J connectivity index is 1.89. The molecule has 1 aliphatic carbocycles. The van der Waals surface area contributed by atoms with Crippen LogP contribution in [0, 0.1) is 5.92 Å². The summed E-state index contributed by atoms with van der Waals surface area (Å²) in [5, 5.41) is 2.81. The highest BCUT2D eigenvalue weighted by Gasteiger charge is 2.23. The highest BCUT2D eigenvalue weighted by molar-refractivity contribution is 5.85. The Morgan fingerprint density at radius 1 is 1.18 bits per heavy atom. The van der Waals surface area contributed by atoms with Crippen LogP contribution in [0.25, 0.3) is 0 Å². The molecule has 0 radical (unpaired) electrons. The molecule has 1 aromatic rings. The van der Waals surface area contributed by atoms with E-state index in [0.29, 0.717) is 12.3 Å². The third kappa shape index (κ3) is 4.86. The second-order valence-corrected chi connectivity index (χ2v) is 5.98. The van der Waals surface area contributed by atoms with Crippen molar-refractivity contribution in [3.63, 3.8) is 0 Å². The number of amides is 1. The molecule has 2 rings (SSSR count). The van der Waals surface area contributed by atoms with Gasteiger partial charge in [0, 0.05) is 6.42 Å². The minimum atomic E-state index is -0.718. The standard InChI is InChI=1S/C18H25NO3/c1-22-18(21)17(15-10-6-3-7-11-15)19-16(20)13-12-14-8-4-2-5-9-14/h3,6-7,10-11,14,17H,2,4-5,8-9,12-13H2,1H3,(H,19,20). The number of benzene rings is 1. The summed E-state index contributed by atoms with van der Waals surface area (Å²) in [4.78, 5) is 24.1. The SMILES string of the molecule is COC(=O)C(NC(=O)CCC1CCCCC1)c1ccccc1. The number of ether oxygens (including phenoxy) is 1. The fourth-order valence-electron chi connectivity index (χ4n) is 3.09. The fourth-order valence-corrected chi connectivity index (χ4v) is 3.09. The molecule has 120 valence electrons. The first-order chi connectivity index (χ1) is 10.7. The Kier molecular flexibility index (Phi) is 6.44. The minimum absolute atomic E-state index is 0.0789. The highest BCUT2D eigenvalue weighted by atomic mass is 16.5. The molecule has 1 fully saturated rings. The molecule has 22 heavy (non-hydrogen) atoms. The third-order valence-corrected chi connectivity index (χ3v) is 4.38. The largest absolute Gasteiger partial charge is 0.467 e. The minimum Gasteiger partial charge on any atom is -0.467 e. The maximum absolute atomic E-state index is 12.2. The van der Waals surface area contributed by atoms with Crippen LogP contribution in [0.4, 0.5) is 0 Å². The topological polar surface area (TPSA) is 55.4 Å². The van der Waals surface area contributed by atoms with Crippen molar-refractivity contribution in [3.05, 3.63) is 35.9 Å². The number of hydrogen-bond acceptors (Lipinski definition) is 3. The van der Waals surface area contributed by atoms with Gasteiger partial charge in [-0.1, -0.05) is 62.4 Å². The van der Waals surface area contributed by atoms with E-state index in [2.05, 4.69) is 5.32 Å². The molecular weight excluding hydrogens is 278 g/mol. The molecular formula is C18H25NO3. The van der Waals surface area contributed by atoms with Gasteiger partial charge < -0.3 is 10.1 Å². The van der Waals surface area contributed by atoms with E-state index in [1.807, 2.05) is 30.3 Å². The zero-order valence-electron chi connectivity index (χ0n) is 13.2. The summed E-state index contributed by atoms with van der Waals surface area (Å²) in [6, 6.07) is 8.50. The van der Waals surface area contributed by atoms with Crippen LogP contribution < -0.4 is 5.32 Å². The number of hydrogen-bond donors (Lipinski definition) is 1. The maximum Gasteiger partial charge on any atom is 0.333 e. The Labute approximate surface area is 132 Å². The molecule has 0 heterocycles. The van der Waals surface area contributed by atoms with Gasteiger partial charge in [-0.25, -0.2) is 4.79 Å². The molecule has 0 aliphatic heterocycles. The number of nitrogens with one attached hydrogen (secondary N) is 1. The van der Waals surface area contributed by atoms with Crippen molar-refractivity contribution in [2.24, 2.45) is 5.92 Å². The van der Waals surface area contributed by atoms with E-state index in [1.54, 1.807) is 0 Å². The molecule has 0 aromatic heterocycles. The Morgan fingerprint density at radius 2 is 1.86 bits per heavy atom. The molecule has 4 heteroatoms. The molecule has 1 aliphatic rings. The summed E-state index contributed by atoms with van der Waals surface area (Å²) in [5.74, 6) is 0.148. The van der Waals surface area contributed by atoms with Crippen LogP contribution in [0.3, 0.4) is 0 Å². The average Bonchev–Trinajstić information content (AvgIpc) is 2.59. The summed E-state index contributed by atoms with van der Waals surface area (Å²) < 4.78 is 4.81. The molecule has 1 atom stereocenters. The lowest BCUT2D eigenvalue weighted by Crippen LogP contribution is -2.34. The number of esters is 1. The molecule has 1 aromatic carbocycles. The molecule has 1 N–H and O–H groups in total. The van der Waals surface area contributed by atoms with Gasteiger partial charge in [0.15, 0.2) is 6.04 Å². The van der Waals surface area contributed by atoms with Crippen LogP contribution >= 0.6 is 0 Å². The summed E-state index contributed by atoms with van der Waals surface area (Å²) in [7, 11) is 1.34. The first-order valence-electron chi connectivity index (χ1n) is 8.13. The van der Waals surface area contributed by atoms with Gasteiger partial charge in [-0.3, -0.25) is 4.79 Å². The van der Waals surface area contributed by atoms with Crippen molar-refractivity contribution in [1.82, 2.24) is 5.32 Å². The molecule has 1 amide bonds. The maximum atomic E-state index is 12.2. The van der Waals surface area contributed by atoms with Crippen LogP contribution in [-0.2, 0) is 14.3 Å². The lowest BCUT2D eigenvalue weighted by atomic mass is 9.86. The van der Waals surface area contributed by atoms with Crippen molar-refractivity contribution in [1.29, 1.82) is 0 Å². The van der Waals surface area contributed by atoms with E-state index in [-0.39, 0.29) is 5.91 Å². The quantitative estimate of drug-likeness (QED) is 0.820.